The second-order valence-electron chi connectivity index (χ2n) is 4.05. The molecule has 98 valence electrons. The average Bonchev–Trinajstić information content (AvgIpc) is 2.28. The fourth-order valence-corrected chi connectivity index (χ4v) is 1.39. The van der Waals surface area contributed by atoms with Crippen molar-refractivity contribution in [2.24, 2.45) is 0 Å². The summed E-state index contributed by atoms with van der Waals surface area (Å²) < 4.78 is 0. The maximum absolute atomic E-state index is 11.4. The lowest BCUT2D eigenvalue weighted by Gasteiger charge is -2.09. The Kier molecular flexibility index (Phi) is 5.04. The predicted molar refractivity (Wildman–Crippen MR) is 67.3 cm³/mol. The monoisotopic (exact) mass is 252 g/mol. The van der Waals surface area contributed by atoms with Crippen molar-refractivity contribution in [3.63, 3.8) is 0 Å². The van der Waals surface area contributed by atoms with Crippen molar-refractivity contribution in [1.82, 2.24) is 10.3 Å². The second-order valence-corrected chi connectivity index (χ2v) is 4.05. The number of carbonyl (C=O) groups excluding carboxylic acids is 1. The second kappa shape index (κ2) is 6.53. The molecule has 2 N–H and O–H groups in total. The number of rotatable bonds is 6. The zero-order valence-corrected chi connectivity index (χ0v) is 10.3. The van der Waals surface area contributed by atoms with E-state index < -0.39 is 4.92 Å². The molecule has 0 saturated carbocycles. The van der Waals surface area contributed by atoms with E-state index >= 15 is 0 Å². The van der Waals surface area contributed by atoms with Gasteiger partial charge in [0.1, 0.15) is 11.9 Å². The zero-order chi connectivity index (χ0) is 13.5. The van der Waals surface area contributed by atoms with Gasteiger partial charge in [-0.1, -0.05) is 0 Å². The molecule has 18 heavy (non-hydrogen) atoms. The quantitative estimate of drug-likeness (QED) is 0.587. The minimum Gasteiger partial charge on any atom is -0.379 e. The summed E-state index contributed by atoms with van der Waals surface area (Å²) in [5.41, 5.74) is 0.272. The Morgan fingerprint density at radius 1 is 1.56 bits per heavy atom. The minimum absolute atomic E-state index is 0.0887. The van der Waals surface area contributed by atoms with Crippen molar-refractivity contribution in [1.29, 1.82) is 0 Å². The summed E-state index contributed by atoms with van der Waals surface area (Å²) in [5.74, 6) is -0.0887. The van der Waals surface area contributed by atoms with Gasteiger partial charge in [0.25, 0.3) is 0 Å². The van der Waals surface area contributed by atoms with Crippen LogP contribution < -0.4 is 10.6 Å². The summed E-state index contributed by atoms with van der Waals surface area (Å²) in [7, 11) is 0. The van der Waals surface area contributed by atoms with E-state index in [0.29, 0.717) is 12.2 Å². The highest BCUT2D eigenvalue weighted by Gasteiger charge is 2.12. The van der Waals surface area contributed by atoms with E-state index in [0.717, 1.165) is 0 Å². The fourth-order valence-electron chi connectivity index (χ4n) is 1.39. The van der Waals surface area contributed by atoms with Crippen LogP contribution in [0.1, 0.15) is 20.3 Å². The molecule has 0 aromatic carbocycles. The van der Waals surface area contributed by atoms with Gasteiger partial charge in [-0.25, -0.2) is 0 Å². The maximum Gasteiger partial charge on any atom is 0.310 e. The number of nitrogens with one attached hydrogen (secondary N) is 2. The molecular weight excluding hydrogens is 236 g/mol. The Morgan fingerprint density at radius 3 is 2.89 bits per heavy atom. The largest absolute Gasteiger partial charge is 0.379 e. The van der Waals surface area contributed by atoms with E-state index in [-0.39, 0.29) is 24.1 Å². The maximum atomic E-state index is 11.4. The molecule has 1 amide bonds. The highest BCUT2D eigenvalue weighted by atomic mass is 16.6. The first-order valence-corrected chi connectivity index (χ1v) is 5.62. The van der Waals surface area contributed by atoms with Crippen LogP contribution in [0.25, 0.3) is 0 Å². The van der Waals surface area contributed by atoms with Gasteiger partial charge < -0.3 is 10.6 Å². The number of nitro groups is 1. The van der Waals surface area contributed by atoms with Gasteiger partial charge in [0, 0.05) is 25.2 Å². The number of anilines is 1. The molecule has 1 aromatic rings. The van der Waals surface area contributed by atoms with Crippen LogP contribution >= 0.6 is 0 Å². The number of hydrogen-bond acceptors (Lipinski definition) is 5. The van der Waals surface area contributed by atoms with Gasteiger partial charge in [-0.2, -0.15) is 0 Å². The van der Waals surface area contributed by atoms with Crippen molar-refractivity contribution in [2.45, 2.75) is 26.3 Å². The third-order valence-corrected chi connectivity index (χ3v) is 2.11. The van der Waals surface area contributed by atoms with Crippen LogP contribution in [0.5, 0.6) is 0 Å². The van der Waals surface area contributed by atoms with E-state index in [9.17, 15) is 14.9 Å². The Hall–Kier alpha value is -2.18. The molecule has 0 fully saturated rings. The van der Waals surface area contributed by atoms with Crippen molar-refractivity contribution in [2.75, 3.05) is 11.9 Å². The number of hydrogen-bond donors (Lipinski definition) is 2. The lowest BCUT2D eigenvalue weighted by atomic mass is 10.3. The van der Waals surface area contributed by atoms with Crippen molar-refractivity contribution < 1.29 is 9.72 Å². The zero-order valence-electron chi connectivity index (χ0n) is 10.3. The highest BCUT2D eigenvalue weighted by Crippen LogP contribution is 2.21. The molecule has 1 heterocycles. The van der Waals surface area contributed by atoms with Gasteiger partial charge in [-0.3, -0.25) is 19.9 Å². The van der Waals surface area contributed by atoms with E-state index in [4.69, 9.17) is 0 Å². The van der Waals surface area contributed by atoms with Gasteiger partial charge in [-0.15, -0.1) is 0 Å². The Balaban J connectivity index is 2.49. The van der Waals surface area contributed by atoms with Crippen LogP contribution in [0.4, 0.5) is 11.4 Å². The molecule has 0 aliphatic rings. The summed E-state index contributed by atoms with van der Waals surface area (Å²) in [6.07, 6.45) is 2.90. The van der Waals surface area contributed by atoms with Crippen LogP contribution in [0, 0.1) is 10.1 Å². The van der Waals surface area contributed by atoms with E-state index in [1.165, 1.54) is 18.5 Å². The third kappa shape index (κ3) is 4.36. The molecule has 7 nitrogen and oxygen atoms in total. The van der Waals surface area contributed by atoms with Crippen LogP contribution in [0.2, 0.25) is 0 Å². The van der Waals surface area contributed by atoms with Crippen molar-refractivity contribution >= 4 is 17.3 Å². The van der Waals surface area contributed by atoms with E-state index in [1.807, 2.05) is 13.8 Å². The topological polar surface area (TPSA) is 97.2 Å². The molecule has 0 radical (unpaired) electrons. The molecule has 1 aromatic heterocycles. The Morgan fingerprint density at radius 2 is 2.28 bits per heavy atom. The molecule has 7 heteroatoms. The summed E-state index contributed by atoms with van der Waals surface area (Å²) in [5, 5.41) is 16.3. The number of aromatic nitrogens is 1. The number of nitrogens with zero attached hydrogens (tertiary/aromatic N) is 2. The first-order valence-electron chi connectivity index (χ1n) is 5.62. The first-order chi connectivity index (χ1) is 8.50. The number of carbonyl (C=O) groups is 1. The van der Waals surface area contributed by atoms with Crippen LogP contribution in [-0.2, 0) is 4.79 Å². The number of pyridine rings is 1. The normalized spacial score (nSPS) is 10.2. The Bertz CT molecular complexity index is 434. The van der Waals surface area contributed by atoms with E-state index in [1.54, 1.807) is 0 Å². The molecule has 0 saturated heterocycles. The molecular formula is C11H16N4O3. The van der Waals surface area contributed by atoms with Gasteiger partial charge in [0.05, 0.1) is 4.92 Å². The molecule has 1 rings (SSSR count). The summed E-state index contributed by atoms with van der Waals surface area (Å²) in [6, 6.07) is 1.60. The standard InChI is InChI=1S/C11H16N4O3/c1-8(2)14-11(16)4-6-13-9-3-5-12-7-10(9)15(17)18/h3,5,7-8H,4,6H2,1-2H3,(H,12,13)(H,14,16). The van der Waals surface area contributed by atoms with Gasteiger partial charge >= 0.3 is 5.69 Å². The van der Waals surface area contributed by atoms with Gasteiger partial charge in [0.15, 0.2) is 0 Å². The average molecular weight is 252 g/mol. The summed E-state index contributed by atoms with van der Waals surface area (Å²) in [6.45, 7) is 4.08. The minimum atomic E-state index is -0.510. The highest BCUT2D eigenvalue weighted by molar-refractivity contribution is 5.76. The molecule has 0 bridgehead atoms. The van der Waals surface area contributed by atoms with Gasteiger partial charge in [0.2, 0.25) is 5.91 Å². The molecule has 0 aliphatic heterocycles. The third-order valence-electron chi connectivity index (χ3n) is 2.11. The van der Waals surface area contributed by atoms with Crippen molar-refractivity contribution in [3.05, 3.63) is 28.6 Å². The lowest BCUT2D eigenvalue weighted by molar-refractivity contribution is -0.384. The smallest absolute Gasteiger partial charge is 0.310 e. The summed E-state index contributed by atoms with van der Waals surface area (Å²) in [4.78, 5) is 25.3. The Labute approximate surface area is 105 Å². The fraction of sp³-hybridized carbons (Fsp3) is 0.455. The van der Waals surface area contributed by atoms with Crippen LogP contribution in [0.3, 0.4) is 0 Å². The van der Waals surface area contributed by atoms with Crippen LogP contribution in [-0.4, -0.2) is 28.4 Å². The number of amides is 1. The SMILES string of the molecule is CC(C)NC(=O)CCNc1ccncc1[N+](=O)[O-]. The van der Waals surface area contributed by atoms with E-state index in [2.05, 4.69) is 15.6 Å². The lowest BCUT2D eigenvalue weighted by Crippen LogP contribution is -2.31. The summed E-state index contributed by atoms with van der Waals surface area (Å²) >= 11 is 0. The molecule has 0 atom stereocenters. The molecule has 0 aliphatic carbocycles. The van der Waals surface area contributed by atoms with Crippen molar-refractivity contribution in [3.8, 4) is 0 Å². The molecule has 0 spiro atoms. The van der Waals surface area contributed by atoms with Crippen LogP contribution in [0.15, 0.2) is 18.5 Å². The molecule has 0 unspecified atom stereocenters. The first kappa shape index (κ1) is 13.9. The predicted octanol–water partition coefficient (Wildman–Crippen LogP) is 1.32. The van der Waals surface area contributed by atoms with Gasteiger partial charge in [-0.05, 0) is 19.9 Å².